The molecule has 0 fully saturated rings. The van der Waals surface area contributed by atoms with Crippen molar-refractivity contribution in [2.24, 2.45) is 0 Å². The highest BCUT2D eigenvalue weighted by Crippen LogP contribution is 2.30. The summed E-state index contributed by atoms with van der Waals surface area (Å²) in [4.78, 5) is 12.2. The molecule has 0 aliphatic heterocycles. The zero-order chi connectivity index (χ0) is 18.5. The molecule has 0 radical (unpaired) electrons. The number of aromatic nitrogens is 2. The van der Waals surface area contributed by atoms with Gasteiger partial charge in [-0.2, -0.15) is 5.10 Å². The van der Waals surface area contributed by atoms with E-state index in [0.717, 1.165) is 27.0 Å². The van der Waals surface area contributed by atoms with Crippen LogP contribution in [0.3, 0.4) is 0 Å². The third-order valence-corrected chi connectivity index (χ3v) is 4.30. The number of anilines is 1. The van der Waals surface area contributed by atoms with E-state index in [0.29, 0.717) is 11.6 Å². The Morgan fingerprint density at radius 2 is 1.77 bits per heavy atom. The van der Waals surface area contributed by atoms with Crippen molar-refractivity contribution in [2.45, 2.75) is 6.92 Å². The van der Waals surface area contributed by atoms with E-state index >= 15 is 0 Å². The molecule has 3 aromatic rings. The second kappa shape index (κ2) is 8.05. The van der Waals surface area contributed by atoms with Crippen molar-refractivity contribution in [3.05, 3.63) is 58.7 Å². The molecule has 0 aliphatic rings. The van der Waals surface area contributed by atoms with E-state index < -0.39 is 0 Å². The number of carbonyl (C=O) groups is 1. The highest BCUT2D eigenvalue weighted by Gasteiger charge is 2.15. The van der Waals surface area contributed by atoms with Crippen LogP contribution in [0.5, 0.6) is 11.5 Å². The average molecular weight is 416 g/mol. The first-order valence-corrected chi connectivity index (χ1v) is 8.73. The number of hydrogen-bond acceptors (Lipinski definition) is 4. The Bertz CT molecular complexity index is 889. The van der Waals surface area contributed by atoms with Crippen molar-refractivity contribution in [1.82, 2.24) is 10.2 Å². The summed E-state index contributed by atoms with van der Waals surface area (Å²) in [5.41, 5.74) is 2.69. The fraction of sp³-hybridized carbons (Fsp3) is 0.158. The van der Waals surface area contributed by atoms with Gasteiger partial charge in [0.1, 0.15) is 11.5 Å². The number of rotatable bonds is 6. The molecular weight excluding hydrogens is 398 g/mol. The molecule has 3 rings (SSSR count). The van der Waals surface area contributed by atoms with Crippen LogP contribution in [0.4, 0.5) is 5.82 Å². The molecule has 7 heteroatoms. The van der Waals surface area contributed by atoms with Gasteiger partial charge in [-0.05, 0) is 48.9 Å². The summed E-state index contributed by atoms with van der Waals surface area (Å²) < 4.78 is 11.6. The maximum atomic E-state index is 12.2. The lowest BCUT2D eigenvalue weighted by molar-refractivity contribution is -0.118. The molecule has 2 aromatic carbocycles. The van der Waals surface area contributed by atoms with Gasteiger partial charge >= 0.3 is 0 Å². The molecule has 0 bridgehead atoms. The SMILES string of the molecule is COc1ccc(OCC(=O)Nc2n[nH]c(C)c2-c2ccc(Br)cc2)cc1. The van der Waals surface area contributed by atoms with Gasteiger partial charge < -0.3 is 14.8 Å². The number of aromatic amines is 1. The van der Waals surface area contributed by atoms with Crippen LogP contribution in [0.15, 0.2) is 53.0 Å². The van der Waals surface area contributed by atoms with Gasteiger partial charge in [0.15, 0.2) is 12.4 Å². The molecule has 1 amide bonds. The Morgan fingerprint density at radius 1 is 1.12 bits per heavy atom. The molecule has 0 saturated carbocycles. The Balaban J connectivity index is 1.67. The summed E-state index contributed by atoms with van der Waals surface area (Å²) in [5, 5.41) is 9.90. The predicted molar refractivity (Wildman–Crippen MR) is 104 cm³/mol. The van der Waals surface area contributed by atoms with E-state index in [-0.39, 0.29) is 12.5 Å². The second-order valence-electron chi connectivity index (χ2n) is 5.59. The number of benzene rings is 2. The zero-order valence-electron chi connectivity index (χ0n) is 14.4. The standard InChI is InChI=1S/C19H18BrN3O3/c1-12-18(13-3-5-14(20)6-4-13)19(23-22-12)21-17(24)11-26-16-9-7-15(25-2)8-10-16/h3-10H,11H2,1-2H3,(H2,21,22,23,24). The molecule has 6 nitrogen and oxygen atoms in total. The largest absolute Gasteiger partial charge is 0.497 e. The lowest BCUT2D eigenvalue weighted by Crippen LogP contribution is -2.20. The maximum Gasteiger partial charge on any atom is 0.263 e. The fourth-order valence-electron chi connectivity index (χ4n) is 2.48. The van der Waals surface area contributed by atoms with Crippen LogP contribution < -0.4 is 14.8 Å². The molecule has 2 N–H and O–H groups in total. The van der Waals surface area contributed by atoms with Crippen LogP contribution in [-0.4, -0.2) is 29.8 Å². The summed E-state index contributed by atoms with van der Waals surface area (Å²) >= 11 is 3.42. The van der Waals surface area contributed by atoms with Crippen molar-refractivity contribution in [3.63, 3.8) is 0 Å². The topological polar surface area (TPSA) is 76.2 Å². The number of methoxy groups -OCH3 is 1. The van der Waals surface area contributed by atoms with Crippen LogP contribution in [0.1, 0.15) is 5.69 Å². The van der Waals surface area contributed by atoms with Gasteiger partial charge in [-0.15, -0.1) is 0 Å². The number of halogens is 1. The molecular formula is C19H18BrN3O3. The number of aryl methyl sites for hydroxylation is 1. The minimum atomic E-state index is -0.286. The first-order valence-electron chi connectivity index (χ1n) is 7.94. The van der Waals surface area contributed by atoms with Crippen LogP contribution in [0, 0.1) is 6.92 Å². The lowest BCUT2D eigenvalue weighted by atomic mass is 10.1. The highest BCUT2D eigenvalue weighted by atomic mass is 79.9. The van der Waals surface area contributed by atoms with E-state index in [9.17, 15) is 4.79 Å². The summed E-state index contributed by atoms with van der Waals surface area (Å²) in [6.45, 7) is 1.80. The van der Waals surface area contributed by atoms with Crippen molar-refractivity contribution in [2.75, 3.05) is 19.0 Å². The molecule has 0 atom stereocenters. The molecule has 0 saturated heterocycles. The number of amides is 1. The Labute approximate surface area is 159 Å². The first kappa shape index (κ1) is 18.0. The summed E-state index contributed by atoms with van der Waals surface area (Å²) in [5.74, 6) is 1.51. The summed E-state index contributed by atoms with van der Waals surface area (Å²) in [7, 11) is 1.60. The van der Waals surface area contributed by atoms with E-state index in [1.165, 1.54) is 0 Å². The molecule has 134 valence electrons. The number of nitrogens with one attached hydrogen (secondary N) is 2. The number of ether oxygens (including phenoxy) is 2. The Morgan fingerprint density at radius 3 is 2.42 bits per heavy atom. The molecule has 0 spiro atoms. The van der Waals surface area contributed by atoms with E-state index in [4.69, 9.17) is 9.47 Å². The normalized spacial score (nSPS) is 10.4. The number of nitrogens with zero attached hydrogens (tertiary/aromatic N) is 1. The van der Waals surface area contributed by atoms with Crippen molar-refractivity contribution in [3.8, 4) is 22.6 Å². The third kappa shape index (κ3) is 4.23. The minimum Gasteiger partial charge on any atom is -0.497 e. The van der Waals surface area contributed by atoms with Gasteiger partial charge in [0, 0.05) is 15.7 Å². The lowest BCUT2D eigenvalue weighted by Gasteiger charge is -2.08. The van der Waals surface area contributed by atoms with Gasteiger partial charge in [-0.25, -0.2) is 0 Å². The average Bonchev–Trinajstić information content (AvgIpc) is 3.01. The minimum absolute atomic E-state index is 0.113. The molecule has 0 unspecified atom stereocenters. The van der Waals surface area contributed by atoms with Crippen LogP contribution in [0.2, 0.25) is 0 Å². The number of hydrogen-bond donors (Lipinski definition) is 2. The van der Waals surface area contributed by atoms with Crippen molar-refractivity contribution in [1.29, 1.82) is 0 Å². The third-order valence-electron chi connectivity index (χ3n) is 3.77. The first-order chi connectivity index (χ1) is 12.6. The quantitative estimate of drug-likeness (QED) is 0.633. The smallest absolute Gasteiger partial charge is 0.263 e. The van der Waals surface area contributed by atoms with Gasteiger partial charge in [0.05, 0.1) is 7.11 Å². The molecule has 1 aromatic heterocycles. The molecule has 26 heavy (non-hydrogen) atoms. The van der Waals surface area contributed by atoms with Crippen LogP contribution in [0.25, 0.3) is 11.1 Å². The predicted octanol–water partition coefficient (Wildman–Crippen LogP) is 4.17. The van der Waals surface area contributed by atoms with Gasteiger partial charge in [0.25, 0.3) is 5.91 Å². The Kier molecular flexibility index (Phi) is 5.58. The molecule has 0 aliphatic carbocycles. The fourth-order valence-corrected chi connectivity index (χ4v) is 2.74. The Hall–Kier alpha value is -2.80. The summed E-state index contributed by atoms with van der Waals surface area (Å²) in [6.07, 6.45) is 0. The van der Waals surface area contributed by atoms with Gasteiger partial charge in [-0.1, -0.05) is 28.1 Å². The van der Waals surface area contributed by atoms with Crippen molar-refractivity contribution < 1.29 is 14.3 Å². The van der Waals surface area contributed by atoms with E-state index in [1.54, 1.807) is 31.4 Å². The second-order valence-corrected chi connectivity index (χ2v) is 6.51. The van der Waals surface area contributed by atoms with Gasteiger partial charge in [0.2, 0.25) is 0 Å². The number of carbonyl (C=O) groups excluding carboxylic acids is 1. The highest BCUT2D eigenvalue weighted by molar-refractivity contribution is 9.10. The maximum absolute atomic E-state index is 12.2. The number of H-pyrrole nitrogens is 1. The van der Waals surface area contributed by atoms with Crippen LogP contribution in [-0.2, 0) is 4.79 Å². The van der Waals surface area contributed by atoms with Crippen molar-refractivity contribution >= 4 is 27.7 Å². The zero-order valence-corrected chi connectivity index (χ0v) is 16.0. The van der Waals surface area contributed by atoms with Crippen LogP contribution >= 0.6 is 15.9 Å². The molecule has 1 heterocycles. The monoisotopic (exact) mass is 415 g/mol. The van der Waals surface area contributed by atoms with E-state index in [2.05, 4.69) is 31.4 Å². The van der Waals surface area contributed by atoms with E-state index in [1.807, 2.05) is 31.2 Å². The van der Waals surface area contributed by atoms with Gasteiger partial charge in [-0.3, -0.25) is 9.89 Å². The summed E-state index contributed by atoms with van der Waals surface area (Å²) in [6, 6.07) is 14.9.